The number of hydrogen-bond donors (Lipinski definition) is 0. The molecule has 0 unspecified atom stereocenters. The van der Waals surface area contributed by atoms with Crippen LogP contribution >= 0.6 is 31.9 Å². The molecule has 4 aromatic rings. The summed E-state index contributed by atoms with van der Waals surface area (Å²) in [4.78, 5) is 3.77. The van der Waals surface area contributed by atoms with E-state index in [1.807, 2.05) is 22.2 Å². The van der Waals surface area contributed by atoms with E-state index in [0.717, 1.165) is 5.52 Å². The lowest BCUT2D eigenvalue weighted by Gasteiger charge is -2.10. The van der Waals surface area contributed by atoms with Gasteiger partial charge in [0.15, 0.2) is 0 Å². The average Bonchev–Trinajstić information content (AvgIpc) is 3.23. The molecule has 0 aliphatic rings. The highest BCUT2D eigenvalue weighted by Crippen LogP contribution is 2.41. The number of halogens is 2. The smallest absolute Gasteiger partial charge is 0.0793 e. The van der Waals surface area contributed by atoms with Crippen molar-refractivity contribution in [2.45, 2.75) is 0 Å². The summed E-state index contributed by atoms with van der Waals surface area (Å²) in [6.45, 7) is 0. The molecule has 0 amide bonds. The first-order chi connectivity index (χ1) is 12.8. The van der Waals surface area contributed by atoms with Gasteiger partial charge in [0.25, 0.3) is 0 Å². The number of hydrogen-bond acceptors (Lipinski definition) is 0. The van der Waals surface area contributed by atoms with E-state index in [0.29, 0.717) is 0 Å². The zero-order valence-electron chi connectivity index (χ0n) is 13.9. The molecule has 0 aliphatic carbocycles. The molecule has 0 radical (unpaired) electrons. The van der Waals surface area contributed by atoms with Crippen molar-refractivity contribution in [1.29, 1.82) is 0 Å². The van der Waals surface area contributed by atoms with Crippen LogP contribution in [0.1, 0.15) is 0 Å². The van der Waals surface area contributed by atoms with Gasteiger partial charge >= 0.3 is 0 Å². The fourth-order valence-electron chi connectivity index (χ4n) is 3.40. The van der Waals surface area contributed by atoms with Crippen molar-refractivity contribution in [3.8, 4) is 22.4 Å². The largest absolute Gasteiger partial charge is 0.321 e. The van der Waals surface area contributed by atoms with Gasteiger partial charge in [-0.15, -0.1) is 0 Å². The van der Waals surface area contributed by atoms with Gasteiger partial charge in [-0.25, -0.2) is 0 Å². The molecule has 0 bridgehead atoms. The van der Waals surface area contributed by atoms with Crippen LogP contribution in [0.5, 0.6) is 0 Å². The van der Waals surface area contributed by atoms with E-state index >= 15 is 0 Å². The lowest BCUT2D eigenvalue weighted by molar-refractivity contribution is 1.23. The summed E-state index contributed by atoms with van der Waals surface area (Å²) in [5, 5.41) is 0. The van der Waals surface area contributed by atoms with Crippen molar-refractivity contribution in [3.63, 3.8) is 0 Å². The Bertz CT molecular complexity index is 1090. The third-order valence-corrected chi connectivity index (χ3v) is 4.87. The standard InChI is InChI=1S/C22H16Br2N2/c23-12-15-25-14-11-19-22(25)20(17-7-3-1-4-8-17)21(26(19)16-13-24)18-9-5-2-6-10-18/h1-16H. The molecule has 2 nitrogen and oxygen atoms in total. The monoisotopic (exact) mass is 466 g/mol. The maximum atomic E-state index is 3.45. The van der Waals surface area contributed by atoms with Crippen molar-refractivity contribution < 1.29 is 0 Å². The van der Waals surface area contributed by atoms with Gasteiger partial charge in [0.1, 0.15) is 0 Å². The quantitative estimate of drug-likeness (QED) is 0.295. The van der Waals surface area contributed by atoms with Crippen LogP contribution in [0.4, 0.5) is 0 Å². The lowest BCUT2D eigenvalue weighted by Crippen LogP contribution is -1.92. The molecule has 0 atom stereocenters. The Morgan fingerprint density at radius 1 is 0.692 bits per heavy atom. The van der Waals surface area contributed by atoms with Crippen LogP contribution in [0.2, 0.25) is 0 Å². The predicted octanol–water partition coefficient (Wildman–Crippen LogP) is 7.42. The van der Waals surface area contributed by atoms with Gasteiger partial charge < -0.3 is 9.13 Å². The number of fused-ring (bicyclic) bond motifs is 1. The summed E-state index contributed by atoms with van der Waals surface area (Å²) in [7, 11) is 0. The topological polar surface area (TPSA) is 9.86 Å². The SMILES string of the molecule is BrC=Cn1ccc2c1c(-c1ccccc1)c(-c1ccccc1)n2C=CBr. The van der Waals surface area contributed by atoms with E-state index in [-0.39, 0.29) is 0 Å². The molecule has 0 spiro atoms. The molecular weight excluding hydrogens is 452 g/mol. The Hall–Kier alpha value is -2.30. The molecule has 0 saturated heterocycles. The normalized spacial score (nSPS) is 11.9. The summed E-state index contributed by atoms with van der Waals surface area (Å²) in [6, 6.07) is 23.2. The maximum Gasteiger partial charge on any atom is 0.0793 e. The summed E-state index contributed by atoms with van der Waals surface area (Å²) >= 11 is 6.86. The Kier molecular flexibility index (Phi) is 4.96. The second kappa shape index (κ2) is 7.52. The zero-order valence-corrected chi connectivity index (χ0v) is 17.1. The van der Waals surface area contributed by atoms with Gasteiger partial charge in [-0.3, -0.25) is 0 Å². The Labute approximate surface area is 169 Å². The Morgan fingerprint density at radius 2 is 1.31 bits per heavy atom. The predicted molar refractivity (Wildman–Crippen MR) is 119 cm³/mol. The second-order valence-electron chi connectivity index (χ2n) is 5.83. The number of rotatable bonds is 4. The van der Waals surface area contributed by atoms with Crippen LogP contribution in [-0.2, 0) is 0 Å². The maximum absolute atomic E-state index is 3.45. The van der Waals surface area contributed by atoms with Crippen LogP contribution < -0.4 is 0 Å². The Balaban J connectivity index is 2.18. The molecule has 0 N–H and O–H groups in total. The Morgan fingerprint density at radius 3 is 1.92 bits per heavy atom. The summed E-state index contributed by atoms with van der Waals surface area (Å²) in [5.74, 6) is 0. The molecule has 128 valence electrons. The fourth-order valence-corrected chi connectivity index (χ4v) is 3.89. The van der Waals surface area contributed by atoms with Crippen LogP contribution in [0.25, 0.3) is 45.8 Å². The van der Waals surface area contributed by atoms with Gasteiger partial charge in [-0.1, -0.05) is 92.5 Å². The second-order valence-corrected chi connectivity index (χ2v) is 6.89. The first-order valence-corrected chi connectivity index (χ1v) is 10.1. The van der Waals surface area contributed by atoms with Gasteiger partial charge in [0.05, 0.1) is 16.7 Å². The summed E-state index contributed by atoms with van der Waals surface area (Å²) in [6.07, 6.45) is 6.16. The van der Waals surface area contributed by atoms with E-state index < -0.39 is 0 Å². The molecule has 0 aliphatic heterocycles. The molecule has 0 saturated carbocycles. The number of nitrogens with zero attached hydrogens (tertiary/aromatic N) is 2. The third-order valence-electron chi connectivity index (χ3n) is 4.40. The van der Waals surface area contributed by atoms with Crippen molar-refractivity contribution in [2.24, 2.45) is 0 Å². The van der Waals surface area contributed by atoms with Crippen LogP contribution in [0.15, 0.2) is 82.9 Å². The van der Waals surface area contributed by atoms with Crippen LogP contribution in [0, 0.1) is 0 Å². The van der Waals surface area contributed by atoms with Gasteiger partial charge in [-0.2, -0.15) is 0 Å². The molecule has 4 heteroatoms. The first-order valence-electron chi connectivity index (χ1n) is 8.24. The summed E-state index contributed by atoms with van der Waals surface area (Å²) in [5.41, 5.74) is 7.10. The average molecular weight is 468 g/mol. The number of benzene rings is 2. The molecule has 4 rings (SSSR count). The van der Waals surface area contributed by atoms with Crippen molar-refractivity contribution in [1.82, 2.24) is 9.13 Å². The van der Waals surface area contributed by atoms with E-state index in [1.165, 1.54) is 27.9 Å². The lowest BCUT2D eigenvalue weighted by atomic mass is 10.0. The number of aromatic nitrogens is 2. The van der Waals surface area contributed by atoms with Crippen LogP contribution in [-0.4, -0.2) is 9.13 Å². The van der Waals surface area contributed by atoms with Gasteiger partial charge in [-0.05, 0) is 27.2 Å². The fraction of sp³-hybridized carbons (Fsp3) is 0. The molecular formula is C22H16Br2N2. The van der Waals surface area contributed by atoms with E-state index in [4.69, 9.17) is 0 Å². The van der Waals surface area contributed by atoms with E-state index in [1.54, 1.807) is 0 Å². The third kappa shape index (κ3) is 2.89. The van der Waals surface area contributed by atoms with Crippen molar-refractivity contribution >= 4 is 55.3 Å². The van der Waals surface area contributed by atoms with E-state index in [9.17, 15) is 0 Å². The first kappa shape index (κ1) is 17.1. The highest BCUT2D eigenvalue weighted by atomic mass is 79.9. The molecule has 2 heterocycles. The van der Waals surface area contributed by atoms with Crippen molar-refractivity contribution in [3.05, 3.63) is 82.9 Å². The molecule has 0 fully saturated rings. The van der Waals surface area contributed by atoms with Crippen molar-refractivity contribution in [2.75, 3.05) is 0 Å². The van der Waals surface area contributed by atoms with Crippen LogP contribution in [0.3, 0.4) is 0 Å². The minimum atomic E-state index is 1.16. The molecule has 2 aromatic carbocycles. The minimum absolute atomic E-state index is 1.16. The highest BCUT2D eigenvalue weighted by molar-refractivity contribution is 9.11. The molecule has 2 aromatic heterocycles. The van der Waals surface area contributed by atoms with Gasteiger partial charge in [0.2, 0.25) is 0 Å². The minimum Gasteiger partial charge on any atom is -0.321 e. The zero-order chi connectivity index (χ0) is 17.9. The van der Waals surface area contributed by atoms with E-state index in [2.05, 4.69) is 114 Å². The van der Waals surface area contributed by atoms with Gasteiger partial charge in [0, 0.05) is 24.2 Å². The summed E-state index contributed by atoms with van der Waals surface area (Å²) < 4.78 is 4.39. The molecule has 26 heavy (non-hydrogen) atoms. The highest BCUT2D eigenvalue weighted by Gasteiger charge is 2.21.